The molecule has 2 heterocycles. The van der Waals surface area contributed by atoms with E-state index in [4.69, 9.17) is 14.6 Å². The van der Waals surface area contributed by atoms with E-state index in [2.05, 4.69) is 10.3 Å². The van der Waals surface area contributed by atoms with E-state index in [0.717, 1.165) is 11.3 Å². The summed E-state index contributed by atoms with van der Waals surface area (Å²) >= 11 is 0. The minimum absolute atomic E-state index is 0.103. The minimum Gasteiger partial charge on any atom is -0.497 e. The van der Waals surface area contributed by atoms with Gasteiger partial charge in [0.25, 0.3) is 5.91 Å². The third-order valence-electron chi connectivity index (χ3n) is 4.10. The predicted octanol–water partition coefficient (Wildman–Crippen LogP) is 2.05. The lowest BCUT2D eigenvalue weighted by molar-refractivity contribution is 0.0946. The van der Waals surface area contributed by atoms with Gasteiger partial charge in [0.1, 0.15) is 11.3 Å². The Morgan fingerprint density at radius 1 is 1.35 bits per heavy atom. The van der Waals surface area contributed by atoms with E-state index in [9.17, 15) is 9.90 Å². The molecule has 0 bridgehead atoms. The molecule has 2 aromatic heterocycles. The molecular weight excluding hydrogens is 334 g/mol. The van der Waals surface area contributed by atoms with Crippen molar-refractivity contribution < 1.29 is 19.1 Å². The molecule has 3 rings (SSSR count). The number of carbonyl (C=O) groups is 1. The van der Waals surface area contributed by atoms with Crippen LogP contribution in [0.15, 0.2) is 40.9 Å². The Kier molecular flexibility index (Phi) is 4.99. The highest BCUT2D eigenvalue weighted by molar-refractivity contribution is 5.97. The summed E-state index contributed by atoms with van der Waals surface area (Å²) in [6.45, 7) is 1.82. The molecule has 0 unspecified atom stereocenters. The Bertz CT molecular complexity index is 1010. The molecule has 26 heavy (non-hydrogen) atoms. The van der Waals surface area contributed by atoms with Gasteiger partial charge in [-0.3, -0.25) is 15.2 Å². The molecule has 0 saturated heterocycles. The van der Waals surface area contributed by atoms with E-state index in [1.807, 2.05) is 24.3 Å². The lowest BCUT2D eigenvalue weighted by Crippen LogP contribution is -2.28. The lowest BCUT2D eigenvalue weighted by Gasteiger charge is -2.09. The molecule has 1 amide bonds. The number of aliphatic hydroxyl groups excluding tert-OH is 1. The monoisotopic (exact) mass is 353 g/mol. The summed E-state index contributed by atoms with van der Waals surface area (Å²) in [5, 5.41) is 20.8. The molecule has 0 spiro atoms. The summed E-state index contributed by atoms with van der Waals surface area (Å²) in [5.74, 6) is 0.317. The summed E-state index contributed by atoms with van der Waals surface area (Å²) in [7, 11) is 1.59. The molecule has 0 radical (unpaired) electrons. The number of carbonyl (C=O) groups excluding carboxylic acids is 1. The number of methoxy groups -OCH3 is 1. The molecular formula is C19H19N3O4. The standard InChI is InChI=1S/C19H19N3O4/c1-11-17-15(13(10-23)9-21-11)7-16(18(20)26-17)19(24)22-8-12-3-5-14(25-2)6-4-12/h3-7,9,20,23H,8,10H2,1-2H3,(H,22,24). The van der Waals surface area contributed by atoms with Crippen LogP contribution in [-0.2, 0) is 13.2 Å². The van der Waals surface area contributed by atoms with E-state index in [1.54, 1.807) is 20.1 Å². The molecule has 0 saturated carbocycles. The topological polar surface area (TPSA) is 108 Å². The number of hydrogen-bond acceptors (Lipinski definition) is 6. The molecule has 3 N–H and O–H groups in total. The zero-order valence-corrected chi connectivity index (χ0v) is 14.5. The third-order valence-corrected chi connectivity index (χ3v) is 4.10. The lowest BCUT2D eigenvalue weighted by atomic mass is 10.1. The van der Waals surface area contributed by atoms with Gasteiger partial charge in [-0.1, -0.05) is 12.1 Å². The highest BCUT2D eigenvalue weighted by atomic mass is 16.5. The fraction of sp³-hybridized carbons (Fsp3) is 0.211. The van der Waals surface area contributed by atoms with Crippen molar-refractivity contribution >= 4 is 16.9 Å². The van der Waals surface area contributed by atoms with Crippen LogP contribution in [0.5, 0.6) is 5.75 Å². The largest absolute Gasteiger partial charge is 0.497 e. The van der Waals surface area contributed by atoms with E-state index in [1.165, 1.54) is 6.20 Å². The molecule has 134 valence electrons. The summed E-state index contributed by atoms with van der Waals surface area (Å²) in [5.41, 5.74) is 2.29. The van der Waals surface area contributed by atoms with Crippen molar-refractivity contribution in [2.45, 2.75) is 20.1 Å². The molecule has 7 nitrogen and oxygen atoms in total. The van der Waals surface area contributed by atoms with Crippen LogP contribution in [0.3, 0.4) is 0 Å². The molecule has 3 aromatic rings. The zero-order valence-electron chi connectivity index (χ0n) is 14.5. The maximum absolute atomic E-state index is 12.5. The maximum atomic E-state index is 12.5. The second kappa shape index (κ2) is 7.37. The Balaban J connectivity index is 1.87. The number of ether oxygens (including phenoxy) is 1. The maximum Gasteiger partial charge on any atom is 0.257 e. The van der Waals surface area contributed by atoms with Gasteiger partial charge in [-0.05, 0) is 30.7 Å². The van der Waals surface area contributed by atoms with E-state index >= 15 is 0 Å². The van der Waals surface area contributed by atoms with Crippen molar-refractivity contribution in [1.29, 1.82) is 5.41 Å². The highest BCUT2D eigenvalue weighted by Gasteiger charge is 2.15. The summed E-state index contributed by atoms with van der Waals surface area (Å²) in [6.07, 6.45) is 1.54. The van der Waals surface area contributed by atoms with Crippen molar-refractivity contribution in [3.63, 3.8) is 0 Å². The molecule has 0 aliphatic carbocycles. The Morgan fingerprint density at radius 2 is 2.08 bits per heavy atom. The van der Waals surface area contributed by atoms with Crippen LogP contribution < -0.4 is 15.6 Å². The van der Waals surface area contributed by atoms with Crippen LogP contribution in [0.25, 0.3) is 11.0 Å². The number of nitrogens with one attached hydrogen (secondary N) is 2. The van der Waals surface area contributed by atoms with Crippen LogP contribution in [-0.4, -0.2) is 23.1 Å². The van der Waals surface area contributed by atoms with E-state index in [-0.39, 0.29) is 17.7 Å². The number of aromatic nitrogens is 1. The zero-order chi connectivity index (χ0) is 18.7. The van der Waals surface area contributed by atoms with Gasteiger partial charge < -0.3 is 19.6 Å². The quantitative estimate of drug-likeness (QED) is 0.650. The second-order valence-electron chi connectivity index (χ2n) is 5.79. The number of pyridine rings is 1. The minimum atomic E-state index is -0.421. The Labute approximate surface area is 149 Å². The SMILES string of the molecule is COc1ccc(CNC(=O)c2cc3c(CO)cnc(C)c3oc2=N)cc1. The van der Waals surface area contributed by atoms with Gasteiger partial charge in [-0.15, -0.1) is 0 Å². The van der Waals surface area contributed by atoms with Crippen LogP contribution in [0.1, 0.15) is 27.2 Å². The first-order valence-electron chi connectivity index (χ1n) is 8.02. The Morgan fingerprint density at radius 3 is 2.73 bits per heavy atom. The number of amides is 1. The van der Waals surface area contributed by atoms with Gasteiger partial charge in [-0.25, -0.2) is 0 Å². The van der Waals surface area contributed by atoms with Crippen LogP contribution >= 0.6 is 0 Å². The average molecular weight is 353 g/mol. The fourth-order valence-electron chi connectivity index (χ4n) is 2.61. The van der Waals surface area contributed by atoms with Crippen molar-refractivity contribution in [3.8, 4) is 5.75 Å². The number of benzene rings is 1. The molecule has 0 atom stereocenters. The summed E-state index contributed by atoms with van der Waals surface area (Å²) in [6, 6.07) is 8.89. The molecule has 7 heteroatoms. The van der Waals surface area contributed by atoms with E-state index < -0.39 is 5.91 Å². The van der Waals surface area contributed by atoms with Crippen LogP contribution in [0.2, 0.25) is 0 Å². The molecule has 0 fully saturated rings. The Hall–Kier alpha value is -3.19. The van der Waals surface area contributed by atoms with Crippen LogP contribution in [0, 0.1) is 12.3 Å². The van der Waals surface area contributed by atoms with Crippen molar-refractivity contribution in [1.82, 2.24) is 10.3 Å². The second-order valence-corrected chi connectivity index (χ2v) is 5.79. The molecule has 0 aliphatic heterocycles. The first-order valence-corrected chi connectivity index (χ1v) is 8.02. The first kappa shape index (κ1) is 17.6. The smallest absolute Gasteiger partial charge is 0.257 e. The predicted molar refractivity (Wildman–Crippen MR) is 94.7 cm³/mol. The third kappa shape index (κ3) is 3.43. The molecule has 1 aromatic carbocycles. The first-order chi connectivity index (χ1) is 12.5. The van der Waals surface area contributed by atoms with Crippen LogP contribution in [0.4, 0.5) is 0 Å². The van der Waals surface area contributed by atoms with Gasteiger partial charge in [0, 0.05) is 23.7 Å². The van der Waals surface area contributed by atoms with Gasteiger partial charge in [-0.2, -0.15) is 0 Å². The van der Waals surface area contributed by atoms with Gasteiger partial charge in [0.15, 0.2) is 5.58 Å². The van der Waals surface area contributed by atoms with Gasteiger partial charge >= 0.3 is 0 Å². The number of aryl methyl sites for hydroxylation is 1. The number of hydrogen-bond donors (Lipinski definition) is 3. The van der Waals surface area contributed by atoms with E-state index in [0.29, 0.717) is 28.8 Å². The normalized spacial score (nSPS) is 10.7. The summed E-state index contributed by atoms with van der Waals surface area (Å²) < 4.78 is 10.6. The molecule has 0 aliphatic rings. The van der Waals surface area contributed by atoms with Gasteiger partial charge in [0.05, 0.1) is 19.4 Å². The van der Waals surface area contributed by atoms with Gasteiger partial charge in [0.2, 0.25) is 5.55 Å². The number of fused-ring (bicyclic) bond motifs is 1. The van der Waals surface area contributed by atoms with Crippen molar-refractivity contribution in [3.05, 3.63) is 64.5 Å². The van der Waals surface area contributed by atoms with Crippen molar-refractivity contribution in [2.75, 3.05) is 7.11 Å². The number of nitrogens with zero attached hydrogens (tertiary/aromatic N) is 1. The highest BCUT2D eigenvalue weighted by Crippen LogP contribution is 2.20. The number of aliphatic hydroxyl groups is 1. The number of rotatable bonds is 5. The average Bonchev–Trinajstić information content (AvgIpc) is 2.67. The fourth-order valence-corrected chi connectivity index (χ4v) is 2.61. The van der Waals surface area contributed by atoms with Crippen molar-refractivity contribution in [2.24, 2.45) is 0 Å². The summed E-state index contributed by atoms with van der Waals surface area (Å²) in [4.78, 5) is 16.6.